The number of nitrogens with zero attached hydrogens (tertiary/aromatic N) is 2. The number of carbonyl (C=O) groups is 3. The van der Waals surface area contributed by atoms with Crippen LogP contribution in [0.3, 0.4) is 0 Å². The molecule has 1 N–H and O–H groups in total. The van der Waals surface area contributed by atoms with Crippen molar-refractivity contribution in [2.75, 3.05) is 0 Å². The molecule has 1 aliphatic heterocycles. The van der Waals surface area contributed by atoms with Gasteiger partial charge in [0.2, 0.25) is 11.8 Å². The summed E-state index contributed by atoms with van der Waals surface area (Å²) >= 11 is 0. The van der Waals surface area contributed by atoms with Gasteiger partial charge in [-0.05, 0) is 25.5 Å². The third-order valence-electron chi connectivity index (χ3n) is 4.10. The van der Waals surface area contributed by atoms with E-state index in [2.05, 4.69) is 10.3 Å². The number of pyridine rings is 1. The van der Waals surface area contributed by atoms with Crippen LogP contribution < -0.4 is 5.32 Å². The van der Waals surface area contributed by atoms with E-state index >= 15 is 0 Å². The van der Waals surface area contributed by atoms with E-state index in [1.165, 1.54) is 4.90 Å². The molecule has 1 unspecified atom stereocenters. The Morgan fingerprint density at radius 2 is 2.04 bits per heavy atom. The second-order valence-electron chi connectivity index (χ2n) is 6.19. The first-order valence-electron chi connectivity index (χ1n) is 7.95. The predicted molar refractivity (Wildman–Crippen MR) is 89.0 cm³/mol. The summed E-state index contributed by atoms with van der Waals surface area (Å²) in [6.07, 6.45) is 1.83. The maximum absolute atomic E-state index is 12.3. The summed E-state index contributed by atoms with van der Waals surface area (Å²) in [6, 6.07) is 8.46. The van der Waals surface area contributed by atoms with Crippen LogP contribution in [0.25, 0.3) is 10.9 Å². The number of carbonyl (C=O) groups excluding carboxylic acids is 3. The van der Waals surface area contributed by atoms with Crippen LogP contribution >= 0.6 is 0 Å². The van der Waals surface area contributed by atoms with Crippen molar-refractivity contribution in [1.82, 2.24) is 15.2 Å². The van der Waals surface area contributed by atoms with Gasteiger partial charge in [0, 0.05) is 17.6 Å². The van der Waals surface area contributed by atoms with Gasteiger partial charge in [-0.3, -0.25) is 24.3 Å². The topological polar surface area (TPSA) is 79.4 Å². The lowest BCUT2D eigenvalue weighted by Crippen LogP contribution is -2.44. The van der Waals surface area contributed by atoms with Crippen LogP contribution in [0.1, 0.15) is 25.8 Å². The Labute approximate surface area is 139 Å². The molecule has 0 aliphatic carbocycles. The van der Waals surface area contributed by atoms with Gasteiger partial charge < -0.3 is 5.32 Å². The van der Waals surface area contributed by atoms with Crippen LogP contribution in [-0.4, -0.2) is 39.7 Å². The second kappa shape index (κ2) is 6.39. The summed E-state index contributed by atoms with van der Waals surface area (Å²) in [5, 5.41) is 3.64. The van der Waals surface area contributed by atoms with Crippen molar-refractivity contribution in [3.63, 3.8) is 0 Å². The molecule has 0 bridgehead atoms. The first-order chi connectivity index (χ1) is 11.5. The zero-order chi connectivity index (χ0) is 17.3. The number of aromatic nitrogens is 1. The average Bonchev–Trinajstić information content (AvgIpc) is 2.81. The van der Waals surface area contributed by atoms with E-state index in [1.807, 2.05) is 30.3 Å². The van der Waals surface area contributed by atoms with Crippen molar-refractivity contribution >= 4 is 28.6 Å². The Hall–Kier alpha value is -2.76. The first-order valence-corrected chi connectivity index (χ1v) is 7.95. The summed E-state index contributed by atoms with van der Waals surface area (Å²) in [7, 11) is 0. The normalized spacial score (nSPS) is 17.8. The molecule has 0 spiro atoms. The highest BCUT2D eigenvalue weighted by Crippen LogP contribution is 2.18. The number of benzene rings is 1. The van der Waals surface area contributed by atoms with Gasteiger partial charge in [0.15, 0.2) is 0 Å². The lowest BCUT2D eigenvalue weighted by molar-refractivity contribution is -0.141. The molecule has 1 aliphatic rings. The Kier molecular flexibility index (Phi) is 4.29. The zero-order valence-corrected chi connectivity index (χ0v) is 13.7. The standard InChI is InChI=1S/C18H19N3O3/c1-11(2)21-16(23)10-14(18(21)24)20-15(22)9-13-6-3-5-12-7-4-8-19-17(12)13/h3-8,11,14H,9-10H2,1-2H3,(H,20,22). The van der Waals surface area contributed by atoms with E-state index in [4.69, 9.17) is 0 Å². The average molecular weight is 325 g/mol. The van der Waals surface area contributed by atoms with Crippen molar-refractivity contribution in [3.05, 3.63) is 42.1 Å². The fourth-order valence-corrected chi connectivity index (χ4v) is 3.03. The number of nitrogens with one attached hydrogen (secondary N) is 1. The molecule has 3 amide bonds. The van der Waals surface area contributed by atoms with E-state index in [-0.39, 0.29) is 36.6 Å². The molecule has 1 aromatic carbocycles. The summed E-state index contributed by atoms with van der Waals surface area (Å²) in [5.74, 6) is -0.864. The lowest BCUT2D eigenvalue weighted by atomic mass is 10.1. The Bertz CT molecular complexity index is 811. The third kappa shape index (κ3) is 2.99. The highest BCUT2D eigenvalue weighted by Gasteiger charge is 2.40. The van der Waals surface area contributed by atoms with Gasteiger partial charge in [0.25, 0.3) is 5.91 Å². The highest BCUT2D eigenvalue weighted by molar-refractivity contribution is 6.07. The van der Waals surface area contributed by atoms with Crippen LogP contribution in [0.2, 0.25) is 0 Å². The Morgan fingerprint density at radius 3 is 2.75 bits per heavy atom. The van der Waals surface area contributed by atoms with E-state index in [0.29, 0.717) is 0 Å². The van der Waals surface area contributed by atoms with Crippen LogP contribution in [0, 0.1) is 0 Å². The molecule has 6 heteroatoms. The van der Waals surface area contributed by atoms with Crippen molar-refractivity contribution in [2.45, 2.75) is 38.8 Å². The Morgan fingerprint density at radius 1 is 1.29 bits per heavy atom. The molecule has 0 radical (unpaired) electrons. The fraction of sp³-hybridized carbons (Fsp3) is 0.333. The smallest absolute Gasteiger partial charge is 0.252 e. The third-order valence-corrected chi connectivity index (χ3v) is 4.10. The van der Waals surface area contributed by atoms with Crippen LogP contribution in [0.15, 0.2) is 36.5 Å². The van der Waals surface area contributed by atoms with Crippen molar-refractivity contribution in [1.29, 1.82) is 0 Å². The quantitative estimate of drug-likeness (QED) is 0.863. The molecule has 24 heavy (non-hydrogen) atoms. The van der Waals surface area contributed by atoms with Gasteiger partial charge in [-0.15, -0.1) is 0 Å². The molecule has 0 saturated carbocycles. The largest absolute Gasteiger partial charge is 0.343 e. The van der Waals surface area contributed by atoms with E-state index in [1.54, 1.807) is 20.0 Å². The summed E-state index contributed by atoms with van der Waals surface area (Å²) in [4.78, 5) is 42.0. The minimum atomic E-state index is -0.768. The SMILES string of the molecule is CC(C)N1C(=O)CC(NC(=O)Cc2cccc3cccnc23)C1=O. The van der Waals surface area contributed by atoms with Crippen LogP contribution in [-0.2, 0) is 20.8 Å². The van der Waals surface area contributed by atoms with Gasteiger partial charge in [-0.1, -0.05) is 24.3 Å². The number of likely N-dealkylation sites (tertiary alicyclic amines) is 1. The van der Waals surface area contributed by atoms with Crippen molar-refractivity contribution < 1.29 is 14.4 Å². The molecule has 3 rings (SSSR count). The van der Waals surface area contributed by atoms with Gasteiger partial charge >= 0.3 is 0 Å². The minimum absolute atomic E-state index is 0.0243. The summed E-state index contributed by atoms with van der Waals surface area (Å²) in [6.45, 7) is 3.56. The van der Waals surface area contributed by atoms with E-state index in [0.717, 1.165) is 16.5 Å². The van der Waals surface area contributed by atoms with Crippen molar-refractivity contribution in [2.24, 2.45) is 0 Å². The highest BCUT2D eigenvalue weighted by atomic mass is 16.2. The monoisotopic (exact) mass is 325 g/mol. The molecule has 1 atom stereocenters. The molecule has 2 heterocycles. The Balaban J connectivity index is 1.72. The first kappa shape index (κ1) is 16.1. The van der Waals surface area contributed by atoms with Gasteiger partial charge in [0.05, 0.1) is 18.4 Å². The number of fused-ring (bicyclic) bond motifs is 1. The number of imide groups is 1. The van der Waals surface area contributed by atoms with E-state index < -0.39 is 6.04 Å². The molecule has 1 saturated heterocycles. The fourth-order valence-electron chi connectivity index (χ4n) is 3.03. The predicted octanol–water partition coefficient (Wildman–Crippen LogP) is 1.43. The van der Waals surface area contributed by atoms with Gasteiger partial charge in [0.1, 0.15) is 6.04 Å². The molecular weight excluding hydrogens is 306 g/mol. The van der Waals surface area contributed by atoms with Gasteiger partial charge in [-0.25, -0.2) is 0 Å². The molecular formula is C18H19N3O3. The lowest BCUT2D eigenvalue weighted by Gasteiger charge is -2.19. The summed E-state index contributed by atoms with van der Waals surface area (Å²) < 4.78 is 0. The molecule has 6 nitrogen and oxygen atoms in total. The molecule has 1 aromatic heterocycles. The van der Waals surface area contributed by atoms with Crippen molar-refractivity contribution in [3.8, 4) is 0 Å². The number of para-hydroxylation sites is 1. The molecule has 124 valence electrons. The zero-order valence-electron chi connectivity index (χ0n) is 13.7. The minimum Gasteiger partial charge on any atom is -0.343 e. The molecule has 1 fully saturated rings. The van der Waals surface area contributed by atoms with E-state index in [9.17, 15) is 14.4 Å². The number of amides is 3. The second-order valence-corrected chi connectivity index (χ2v) is 6.19. The molecule has 2 aromatic rings. The van der Waals surface area contributed by atoms with Crippen LogP contribution in [0.5, 0.6) is 0 Å². The summed E-state index contributed by atoms with van der Waals surface area (Å²) in [5.41, 5.74) is 1.57. The maximum Gasteiger partial charge on any atom is 0.252 e. The number of rotatable bonds is 4. The maximum atomic E-state index is 12.3. The number of hydrogen-bond acceptors (Lipinski definition) is 4. The van der Waals surface area contributed by atoms with Gasteiger partial charge in [-0.2, -0.15) is 0 Å². The van der Waals surface area contributed by atoms with Crippen LogP contribution in [0.4, 0.5) is 0 Å². The number of hydrogen-bond donors (Lipinski definition) is 1.